The van der Waals surface area contributed by atoms with Gasteiger partial charge in [-0.1, -0.05) is 6.07 Å². The number of ether oxygens (including phenoxy) is 1. The minimum Gasteiger partial charge on any atom is -0.372 e. The minimum absolute atomic E-state index is 0.278. The fourth-order valence-electron chi connectivity index (χ4n) is 3.12. The number of hydrogen-bond donors (Lipinski definition) is 0. The molecule has 24 heavy (non-hydrogen) atoms. The Morgan fingerprint density at radius 3 is 2.92 bits per heavy atom. The minimum atomic E-state index is 0.278. The number of rotatable bonds is 4. The lowest BCUT2D eigenvalue weighted by Crippen LogP contribution is -2.37. The molecule has 0 bridgehead atoms. The van der Waals surface area contributed by atoms with Crippen LogP contribution in [0.25, 0.3) is 5.65 Å². The molecule has 1 aliphatic rings. The lowest BCUT2D eigenvalue weighted by Gasteiger charge is -2.33. The maximum atomic E-state index is 6.01. The third-order valence-corrected chi connectivity index (χ3v) is 4.35. The van der Waals surface area contributed by atoms with Crippen LogP contribution >= 0.6 is 0 Å². The molecule has 1 fully saturated rings. The highest BCUT2D eigenvalue weighted by Crippen LogP contribution is 2.25. The Morgan fingerprint density at radius 2 is 2.12 bits per heavy atom. The maximum Gasteiger partial charge on any atom is 0.200 e. The van der Waals surface area contributed by atoms with Crippen LogP contribution in [0.1, 0.15) is 24.2 Å². The molecule has 0 amide bonds. The molecule has 1 saturated heterocycles. The van der Waals surface area contributed by atoms with Crippen molar-refractivity contribution >= 4 is 11.3 Å². The van der Waals surface area contributed by atoms with Crippen molar-refractivity contribution in [3.8, 4) is 0 Å². The summed E-state index contributed by atoms with van der Waals surface area (Å²) in [6.45, 7) is 4.46. The second-order valence-corrected chi connectivity index (χ2v) is 6.09. The standard InChI is InChI=1S/C17H20N6O/c1-13-10-16(17-20-19-12-23(17)21-13)22-8-5-15(6-9-22)24-11-14-4-2-3-7-18-14/h2-4,7,10,12,15H,5-6,8-9,11H2,1H3. The molecular formula is C17H20N6O. The van der Waals surface area contributed by atoms with Crippen LogP contribution in [0.4, 0.5) is 5.69 Å². The van der Waals surface area contributed by atoms with Crippen molar-refractivity contribution in [1.82, 2.24) is 24.8 Å². The molecule has 0 N–H and O–H groups in total. The van der Waals surface area contributed by atoms with Gasteiger partial charge in [-0.05, 0) is 38.0 Å². The van der Waals surface area contributed by atoms with Crippen molar-refractivity contribution in [3.05, 3.63) is 48.2 Å². The van der Waals surface area contributed by atoms with Crippen molar-refractivity contribution < 1.29 is 4.74 Å². The first-order valence-electron chi connectivity index (χ1n) is 8.24. The number of fused-ring (bicyclic) bond motifs is 1. The molecule has 7 nitrogen and oxygen atoms in total. The normalized spacial score (nSPS) is 16.0. The van der Waals surface area contributed by atoms with Gasteiger partial charge in [0.2, 0.25) is 5.65 Å². The zero-order valence-electron chi connectivity index (χ0n) is 13.7. The first-order valence-corrected chi connectivity index (χ1v) is 8.24. The molecule has 0 unspecified atom stereocenters. The molecule has 4 rings (SSSR count). The first kappa shape index (κ1) is 15.0. The van der Waals surface area contributed by atoms with E-state index < -0.39 is 0 Å². The molecule has 0 spiro atoms. The lowest BCUT2D eigenvalue weighted by atomic mass is 10.1. The van der Waals surface area contributed by atoms with E-state index in [9.17, 15) is 0 Å². The average molecular weight is 324 g/mol. The van der Waals surface area contributed by atoms with Gasteiger partial charge in [0.15, 0.2) is 0 Å². The Balaban J connectivity index is 1.39. The van der Waals surface area contributed by atoms with Crippen LogP contribution in [0.5, 0.6) is 0 Å². The summed E-state index contributed by atoms with van der Waals surface area (Å²) in [5.74, 6) is 0. The van der Waals surface area contributed by atoms with Gasteiger partial charge < -0.3 is 9.64 Å². The highest BCUT2D eigenvalue weighted by atomic mass is 16.5. The predicted octanol–water partition coefficient (Wildman–Crippen LogP) is 2.01. The summed E-state index contributed by atoms with van der Waals surface area (Å²) in [6.07, 6.45) is 5.72. The summed E-state index contributed by atoms with van der Waals surface area (Å²) < 4.78 is 7.76. The molecular weight excluding hydrogens is 304 g/mol. The van der Waals surface area contributed by atoms with Gasteiger partial charge in [-0.2, -0.15) is 9.61 Å². The molecule has 3 aromatic rings. The molecule has 0 saturated carbocycles. The van der Waals surface area contributed by atoms with E-state index in [1.165, 1.54) is 0 Å². The second-order valence-electron chi connectivity index (χ2n) is 6.09. The number of pyridine rings is 1. The molecule has 0 aromatic carbocycles. The number of hydrogen-bond acceptors (Lipinski definition) is 6. The summed E-state index contributed by atoms with van der Waals surface area (Å²) >= 11 is 0. The summed E-state index contributed by atoms with van der Waals surface area (Å²) in [6, 6.07) is 7.99. The Bertz CT molecular complexity index is 810. The molecule has 7 heteroatoms. The monoisotopic (exact) mass is 324 g/mol. The summed E-state index contributed by atoms with van der Waals surface area (Å²) in [5, 5.41) is 12.6. The zero-order valence-corrected chi connectivity index (χ0v) is 13.7. The van der Waals surface area contributed by atoms with Crippen LogP contribution in [0.15, 0.2) is 36.8 Å². The third kappa shape index (κ3) is 3.07. The SMILES string of the molecule is Cc1cc(N2CCC(OCc3ccccn3)CC2)c2nncn2n1. The topological polar surface area (TPSA) is 68.4 Å². The van der Waals surface area contributed by atoms with Crippen LogP contribution < -0.4 is 4.90 Å². The zero-order chi connectivity index (χ0) is 16.4. The van der Waals surface area contributed by atoms with Gasteiger partial charge in [-0.3, -0.25) is 4.98 Å². The van der Waals surface area contributed by atoms with Crippen molar-refractivity contribution in [3.63, 3.8) is 0 Å². The van der Waals surface area contributed by atoms with Gasteiger partial charge in [0.25, 0.3) is 0 Å². The molecule has 1 aliphatic heterocycles. The van der Waals surface area contributed by atoms with Crippen molar-refractivity contribution in [2.75, 3.05) is 18.0 Å². The number of piperidine rings is 1. The van der Waals surface area contributed by atoms with E-state index in [0.717, 1.165) is 48.7 Å². The molecule has 3 aromatic heterocycles. The predicted molar refractivity (Wildman–Crippen MR) is 89.8 cm³/mol. The Morgan fingerprint density at radius 1 is 1.25 bits per heavy atom. The van der Waals surface area contributed by atoms with E-state index in [0.29, 0.717) is 6.61 Å². The lowest BCUT2D eigenvalue weighted by molar-refractivity contribution is 0.0234. The van der Waals surface area contributed by atoms with E-state index in [1.807, 2.05) is 25.1 Å². The first-order chi connectivity index (χ1) is 11.8. The van der Waals surface area contributed by atoms with Gasteiger partial charge in [-0.15, -0.1) is 10.2 Å². The number of anilines is 1. The molecule has 0 aliphatic carbocycles. The van der Waals surface area contributed by atoms with Crippen LogP contribution in [0.3, 0.4) is 0 Å². The largest absolute Gasteiger partial charge is 0.372 e. The van der Waals surface area contributed by atoms with E-state index >= 15 is 0 Å². The van der Waals surface area contributed by atoms with E-state index in [-0.39, 0.29) is 6.10 Å². The Kier molecular flexibility index (Phi) is 4.08. The van der Waals surface area contributed by atoms with Crippen LogP contribution in [-0.2, 0) is 11.3 Å². The van der Waals surface area contributed by atoms with Gasteiger partial charge in [0.05, 0.1) is 29.8 Å². The van der Waals surface area contributed by atoms with Gasteiger partial charge in [-0.25, -0.2) is 0 Å². The van der Waals surface area contributed by atoms with Crippen molar-refractivity contribution in [2.24, 2.45) is 0 Å². The van der Waals surface area contributed by atoms with Gasteiger partial charge in [0, 0.05) is 19.3 Å². The summed E-state index contributed by atoms with van der Waals surface area (Å²) in [7, 11) is 0. The van der Waals surface area contributed by atoms with Crippen molar-refractivity contribution in [2.45, 2.75) is 32.5 Å². The summed E-state index contributed by atoms with van der Waals surface area (Å²) in [4.78, 5) is 6.65. The van der Waals surface area contributed by atoms with Gasteiger partial charge in [0.1, 0.15) is 6.33 Å². The van der Waals surface area contributed by atoms with E-state index in [4.69, 9.17) is 4.74 Å². The second kappa shape index (κ2) is 6.52. The van der Waals surface area contributed by atoms with Crippen LogP contribution in [-0.4, -0.2) is 44.0 Å². The Labute approximate surface area is 140 Å². The highest BCUT2D eigenvalue weighted by Gasteiger charge is 2.22. The van der Waals surface area contributed by atoms with Crippen LogP contribution in [0.2, 0.25) is 0 Å². The third-order valence-electron chi connectivity index (χ3n) is 4.35. The van der Waals surface area contributed by atoms with E-state index in [1.54, 1.807) is 17.0 Å². The smallest absolute Gasteiger partial charge is 0.200 e. The number of nitrogens with zero attached hydrogens (tertiary/aromatic N) is 6. The fourth-order valence-corrected chi connectivity index (χ4v) is 3.12. The quantitative estimate of drug-likeness (QED) is 0.731. The average Bonchev–Trinajstić information content (AvgIpc) is 3.09. The Hall–Kier alpha value is -2.54. The molecule has 0 atom stereocenters. The van der Waals surface area contributed by atoms with E-state index in [2.05, 4.69) is 31.2 Å². The highest BCUT2D eigenvalue weighted by molar-refractivity contribution is 5.68. The number of aromatic nitrogens is 5. The molecule has 4 heterocycles. The number of aryl methyl sites for hydroxylation is 1. The van der Waals surface area contributed by atoms with Crippen LogP contribution in [0, 0.1) is 6.92 Å². The molecule has 0 radical (unpaired) electrons. The van der Waals surface area contributed by atoms with Crippen molar-refractivity contribution in [1.29, 1.82) is 0 Å². The summed E-state index contributed by atoms with van der Waals surface area (Å²) in [5.41, 5.74) is 3.86. The molecule has 124 valence electrons. The van der Waals surface area contributed by atoms with Gasteiger partial charge >= 0.3 is 0 Å². The fraction of sp³-hybridized carbons (Fsp3) is 0.412. The maximum absolute atomic E-state index is 6.01.